The van der Waals surface area contributed by atoms with E-state index in [1.165, 1.54) is 0 Å². The summed E-state index contributed by atoms with van der Waals surface area (Å²) >= 11 is 0. The number of hydrogen-bond donors (Lipinski definition) is 2. The van der Waals surface area contributed by atoms with Crippen molar-refractivity contribution in [2.24, 2.45) is 0 Å². The molecule has 0 bridgehead atoms. The first-order valence-corrected chi connectivity index (χ1v) is 5.43. The highest BCUT2D eigenvalue weighted by Crippen LogP contribution is 2.29. The summed E-state index contributed by atoms with van der Waals surface area (Å²) in [5, 5.41) is 10.4. The van der Waals surface area contributed by atoms with Crippen LogP contribution < -0.4 is 0 Å². The average Bonchev–Trinajstić information content (AvgIpc) is 2.82. The van der Waals surface area contributed by atoms with Crippen LogP contribution in [0, 0.1) is 6.07 Å². The van der Waals surface area contributed by atoms with Gasteiger partial charge in [-0.1, -0.05) is 18.2 Å². The smallest absolute Gasteiger partial charge is 0.137 e. The van der Waals surface area contributed by atoms with Gasteiger partial charge in [-0.2, -0.15) is 0 Å². The van der Waals surface area contributed by atoms with Gasteiger partial charge in [-0.05, 0) is 29.3 Å². The monoisotopic (exact) mass is 223 g/mol. The minimum absolute atomic E-state index is 0.0135. The first-order chi connectivity index (χ1) is 8.40. The number of aromatic nitrogens is 2. The van der Waals surface area contributed by atoms with Gasteiger partial charge in [0.05, 0.1) is 6.61 Å². The Morgan fingerprint density at radius 1 is 1.29 bits per heavy atom. The van der Waals surface area contributed by atoms with Gasteiger partial charge < -0.3 is 10.1 Å². The second-order valence-corrected chi connectivity index (χ2v) is 3.83. The molecule has 0 aliphatic carbocycles. The Hall–Kier alpha value is -2.13. The lowest BCUT2D eigenvalue weighted by molar-refractivity contribution is 0.282. The average molecular weight is 223 g/mol. The van der Waals surface area contributed by atoms with Crippen molar-refractivity contribution in [2.75, 3.05) is 0 Å². The molecular formula is C14H11N2O. The van der Waals surface area contributed by atoms with Crippen LogP contribution in [0.25, 0.3) is 22.2 Å². The van der Waals surface area contributed by atoms with Crippen molar-refractivity contribution in [1.82, 2.24) is 9.97 Å². The standard InChI is InChI=1S/C14H11N2O/c17-9-10-4-1-2-5-11(10)13-8-16-14-12(13)6-3-7-15-14/h1-4,6-8,17H,9H2,(H,15,16). The Morgan fingerprint density at radius 3 is 3.12 bits per heavy atom. The zero-order valence-electron chi connectivity index (χ0n) is 9.14. The van der Waals surface area contributed by atoms with E-state index in [0.29, 0.717) is 0 Å². The van der Waals surface area contributed by atoms with Crippen LogP contribution in [0.1, 0.15) is 5.56 Å². The van der Waals surface area contributed by atoms with E-state index in [-0.39, 0.29) is 6.61 Å². The third kappa shape index (κ3) is 1.61. The molecule has 17 heavy (non-hydrogen) atoms. The Kier molecular flexibility index (Phi) is 2.38. The zero-order valence-corrected chi connectivity index (χ0v) is 9.14. The number of hydrogen-bond acceptors (Lipinski definition) is 2. The minimum Gasteiger partial charge on any atom is -0.392 e. The predicted molar refractivity (Wildman–Crippen MR) is 66.3 cm³/mol. The van der Waals surface area contributed by atoms with Crippen LogP contribution in [0.4, 0.5) is 0 Å². The summed E-state index contributed by atoms with van der Waals surface area (Å²) in [6.07, 6.45) is 3.66. The minimum atomic E-state index is 0.0135. The molecule has 0 spiro atoms. The highest BCUT2D eigenvalue weighted by Gasteiger charge is 2.09. The molecule has 0 unspecified atom stereocenters. The number of nitrogens with zero attached hydrogens (tertiary/aromatic N) is 1. The van der Waals surface area contributed by atoms with Gasteiger partial charge in [0.15, 0.2) is 0 Å². The Labute approximate surface area is 98.8 Å². The molecule has 0 saturated carbocycles. The van der Waals surface area contributed by atoms with Crippen molar-refractivity contribution in [3.05, 3.63) is 54.4 Å². The van der Waals surface area contributed by atoms with E-state index >= 15 is 0 Å². The molecule has 2 aromatic heterocycles. The van der Waals surface area contributed by atoms with Gasteiger partial charge in [-0.3, -0.25) is 0 Å². The number of H-pyrrole nitrogens is 1. The van der Waals surface area contributed by atoms with Crippen LogP contribution in [0.3, 0.4) is 0 Å². The van der Waals surface area contributed by atoms with E-state index < -0.39 is 0 Å². The van der Waals surface area contributed by atoms with Gasteiger partial charge in [-0.15, -0.1) is 0 Å². The topological polar surface area (TPSA) is 48.9 Å². The van der Waals surface area contributed by atoms with E-state index in [0.717, 1.165) is 27.7 Å². The van der Waals surface area contributed by atoms with Gasteiger partial charge in [0.25, 0.3) is 0 Å². The summed E-state index contributed by atoms with van der Waals surface area (Å²) in [4.78, 5) is 7.38. The Balaban J connectivity index is 2.27. The van der Waals surface area contributed by atoms with Crippen molar-refractivity contribution >= 4 is 11.0 Å². The number of aliphatic hydroxyl groups is 1. The van der Waals surface area contributed by atoms with E-state index in [4.69, 9.17) is 0 Å². The van der Waals surface area contributed by atoms with E-state index in [2.05, 4.69) is 16.0 Å². The third-order valence-corrected chi connectivity index (χ3v) is 2.83. The molecule has 0 aliphatic rings. The second kappa shape index (κ2) is 4.03. The van der Waals surface area contributed by atoms with Crippen LogP contribution in [0.5, 0.6) is 0 Å². The lowest BCUT2D eigenvalue weighted by atomic mass is 10.0. The number of aliphatic hydroxyl groups excluding tert-OH is 1. The summed E-state index contributed by atoms with van der Waals surface area (Å²) < 4.78 is 0. The molecule has 0 fully saturated rings. The molecule has 3 nitrogen and oxygen atoms in total. The third-order valence-electron chi connectivity index (χ3n) is 2.83. The lowest BCUT2D eigenvalue weighted by Gasteiger charge is -2.04. The van der Waals surface area contributed by atoms with Crippen LogP contribution in [-0.4, -0.2) is 15.1 Å². The van der Waals surface area contributed by atoms with Crippen molar-refractivity contribution < 1.29 is 5.11 Å². The quantitative estimate of drug-likeness (QED) is 0.701. The molecule has 0 aliphatic heterocycles. The summed E-state index contributed by atoms with van der Waals surface area (Å²) in [6.45, 7) is 0.0135. The van der Waals surface area contributed by atoms with E-state index in [1.54, 1.807) is 6.20 Å². The first kappa shape index (κ1) is 10.1. The molecule has 0 amide bonds. The molecule has 0 saturated heterocycles. The molecule has 3 heteroatoms. The normalized spacial score (nSPS) is 10.9. The maximum Gasteiger partial charge on any atom is 0.137 e. The number of nitrogens with one attached hydrogen (secondary N) is 1. The van der Waals surface area contributed by atoms with Gasteiger partial charge in [-0.25, -0.2) is 4.98 Å². The van der Waals surface area contributed by atoms with Gasteiger partial charge >= 0.3 is 0 Å². The van der Waals surface area contributed by atoms with Gasteiger partial charge in [0.2, 0.25) is 0 Å². The van der Waals surface area contributed by atoms with Crippen molar-refractivity contribution in [2.45, 2.75) is 6.61 Å². The van der Waals surface area contributed by atoms with Crippen LogP contribution in [0.2, 0.25) is 0 Å². The predicted octanol–water partition coefficient (Wildman–Crippen LogP) is 2.52. The van der Waals surface area contributed by atoms with Crippen LogP contribution in [-0.2, 0) is 6.61 Å². The van der Waals surface area contributed by atoms with Crippen LogP contribution in [0.15, 0.2) is 42.7 Å². The van der Waals surface area contributed by atoms with Gasteiger partial charge in [0.1, 0.15) is 5.65 Å². The summed E-state index contributed by atoms with van der Waals surface area (Å²) in [5.74, 6) is 0. The van der Waals surface area contributed by atoms with Gasteiger partial charge in [0, 0.05) is 23.3 Å². The fourth-order valence-corrected chi connectivity index (χ4v) is 2.02. The zero-order chi connectivity index (χ0) is 11.7. The van der Waals surface area contributed by atoms with Crippen molar-refractivity contribution in [3.8, 4) is 11.1 Å². The van der Waals surface area contributed by atoms with E-state index in [9.17, 15) is 5.11 Å². The maximum atomic E-state index is 9.34. The lowest BCUT2D eigenvalue weighted by Crippen LogP contribution is -1.88. The highest BCUT2D eigenvalue weighted by atomic mass is 16.3. The SMILES string of the molecule is OCc1ccc[c]c1-c1c[nH]c2ncccc12. The second-order valence-electron chi connectivity index (χ2n) is 3.83. The Bertz CT molecular complexity index is 658. The number of rotatable bonds is 2. The number of pyridine rings is 1. The van der Waals surface area contributed by atoms with Crippen molar-refractivity contribution in [3.63, 3.8) is 0 Å². The molecular weight excluding hydrogens is 212 g/mol. The molecule has 3 aromatic rings. The van der Waals surface area contributed by atoms with E-state index in [1.807, 2.05) is 36.5 Å². The summed E-state index contributed by atoms with van der Waals surface area (Å²) in [7, 11) is 0. The summed E-state index contributed by atoms with van der Waals surface area (Å²) in [6, 6.07) is 12.7. The number of benzene rings is 1. The van der Waals surface area contributed by atoms with Crippen LogP contribution >= 0.6 is 0 Å². The molecule has 0 atom stereocenters. The van der Waals surface area contributed by atoms with Crippen molar-refractivity contribution in [1.29, 1.82) is 0 Å². The molecule has 83 valence electrons. The largest absolute Gasteiger partial charge is 0.392 e. The molecule has 2 heterocycles. The maximum absolute atomic E-state index is 9.34. The summed E-state index contributed by atoms with van der Waals surface area (Å²) in [5.41, 5.74) is 3.67. The molecule has 1 aromatic carbocycles. The number of fused-ring (bicyclic) bond motifs is 1. The Morgan fingerprint density at radius 2 is 2.24 bits per heavy atom. The highest BCUT2D eigenvalue weighted by molar-refractivity contribution is 5.94. The number of aromatic amines is 1. The fraction of sp³-hybridized carbons (Fsp3) is 0.0714. The molecule has 2 N–H and O–H groups in total. The molecule has 1 radical (unpaired) electrons. The first-order valence-electron chi connectivity index (χ1n) is 5.43. The molecule has 3 rings (SSSR count). The fourth-order valence-electron chi connectivity index (χ4n) is 2.02.